The summed E-state index contributed by atoms with van der Waals surface area (Å²) in [6.07, 6.45) is 0. The van der Waals surface area contributed by atoms with E-state index in [1.54, 1.807) is 25.1 Å². The van der Waals surface area contributed by atoms with Crippen molar-refractivity contribution in [2.75, 3.05) is 11.1 Å². The fourth-order valence-corrected chi connectivity index (χ4v) is 4.53. The van der Waals surface area contributed by atoms with Crippen LogP contribution in [0.4, 0.5) is 5.69 Å². The smallest absolute Gasteiger partial charge is 0.248 e. The molecule has 3 rings (SSSR count). The Balaban J connectivity index is 1.79. The van der Waals surface area contributed by atoms with Gasteiger partial charge in [-0.2, -0.15) is 0 Å². The average Bonchev–Trinajstić information content (AvgIpc) is 2.67. The molecule has 1 atom stereocenters. The van der Waals surface area contributed by atoms with E-state index in [1.807, 2.05) is 32.0 Å². The molecule has 0 saturated heterocycles. The monoisotopic (exact) mass is 476 g/mol. The first-order valence-corrected chi connectivity index (χ1v) is 11.2. The highest BCUT2D eigenvalue weighted by atomic mass is 35.5. The fraction of sp³-hybridized carbons (Fsp3) is 0.227. The van der Waals surface area contributed by atoms with Gasteiger partial charge in [-0.15, -0.1) is 0 Å². The predicted molar refractivity (Wildman–Crippen MR) is 129 cm³/mol. The van der Waals surface area contributed by atoms with Gasteiger partial charge in [0.25, 0.3) is 0 Å². The Morgan fingerprint density at radius 1 is 1.16 bits per heavy atom. The van der Waals surface area contributed by atoms with Crippen LogP contribution in [0.3, 0.4) is 0 Å². The number of primary amides is 1. The lowest BCUT2D eigenvalue weighted by molar-refractivity contribution is -0.115. The van der Waals surface area contributed by atoms with Crippen LogP contribution < -0.4 is 16.4 Å². The van der Waals surface area contributed by atoms with Gasteiger partial charge in [0.05, 0.1) is 21.4 Å². The van der Waals surface area contributed by atoms with Crippen molar-refractivity contribution in [1.82, 2.24) is 5.32 Å². The number of thioether (sulfide) groups is 1. The summed E-state index contributed by atoms with van der Waals surface area (Å²) in [6, 6.07) is 10.3. The first kappa shape index (κ1) is 23.2. The molecule has 0 spiro atoms. The van der Waals surface area contributed by atoms with Crippen molar-refractivity contribution < 1.29 is 9.59 Å². The van der Waals surface area contributed by atoms with E-state index in [0.717, 1.165) is 16.8 Å². The van der Waals surface area contributed by atoms with Crippen molar-refractivity contribution in [3.05, 3.63) is 74.4 Å². The third-order valence-corrected chi connectivity index (χ3v) is 6.33. The summed E-state index contributed by atoms with van der Waals surface area (Å²) in [5.41, 5.74) is 9.92. The van der Waals surface area contributed by atoms with Crippen molar-refractivity contribution in [3.8, 4) is 0 Å². The zero-order chi connectivity index (χ0) is 22.7. The van der Waals surface area contributed by atoms with Crippen molar-refractivity contribution in [1.29, 1.82) is 0 Å². The molecule has 0 fully saturated rings. The quantitative estimate of drug-likeness (QED) is 0.580. The zero-order valence-electron chi connectivity index (χ0n) is 17.3. The number of nitrogens with zero attached hydrogens (tertiary/aromatic N) is 1. The van der Waals surface area contributed by atoms with E-state index >= 15 is 0 Å². The number of anilines is 1. The fourth-order valence-electron chi connectivity index (χ4n) is 3.37. The molecule has 0 aromatic heterocycles. The van der Waals surface area contributed by atoms with Crippen LogP contribution in [0.1, 0.15) is 29.7 Å². The molecule has 2 aromatic rings. The molecule has 0 aliphatic carbocycles. The Bertz CT molecular complexity index is 1090. The van der Waals surface area contributed by atoms with Crippen molar-refractivity contribution in [2.24, 2.45) is 10.7 Å². The second kappa shape index (κ2) is 9.77. The number of nitrogens with two attached hydrogens (primary N) is 1. The highest BCUT2D eigenvalue weighted by Crippen LogP contribution is 2.38. The molecule has 1 aliphatic heterocycles. The molecule has 4 N–H and O–H groups in total. The zero-order valence-corrected chi connectivity index (χ0v) is 19.6. The largest absolute Gasteiger partial charge is 0.366 e. The first-order valence-electron chi connectivity index (χ1n) is 9.46. The molecular formula is C22H22Cl2N4O2S. The molecule has 0 bridgehead atoms. The molecule has 2 amide bonds. The van der Waals surface area contributed by atoms with Crippen molar-refractivity contribution in [3.63, 3.8) is 0 Å². The van der Waals surface area contributed by atoms with Gasteiger partial charge in [0.15, 0.2) is 5.17 Å². The molecule has 0 unspecified atom stereocenters. The molecule has 1 aliphatic rings. The minimum absolute atomic E-state index is 0.133. The molecule has 1 heterocycles. The number of benzene rings is 2. The van der Waals surface area contributed by atoms with Crippen molar-refractivity contribution >= 4 is 57.6 Å². The Morgan fingerprint density at radius 2 is 1.84 bits per heavy atom. The van der Waals surface area contributed by atoms with Crippen molar-refractivity contribution in [2.45, 2.75) is 26.8 Å². The summed E-state index contributed by atoms with van der Waals surface area (Å²) in [4.78, 5) is 29.1. The Hall–Kier alpha value is -2.48. The van der Waals surface area contributed by atoms with Crippen LogP contribution in [0.5, 0.6) is 0 Å². The third-order valence-electron chi connectivity index (χ3n) is 4.61. The average molecular weight is 477 g/mol. The van der Waals surface area contributed by atoms with Crippen LogP contribution in [-0.2, 0) is 9.59 Å². The Labute approximate surface area is 195 Å². The topological polar surface area (TPSA) is 96.6 Å². The summed E-state index contributed by atoms with van der Waals surface area (Å²) < 4.78 is 0. The second-order valence-electron chi connectivity index (χ2n) is 7.22. The standard InChI is InChI=1S/C22H22Cl2N4O2S/c1-11-7-12(2)9-14(8-11)27-17(29)10-31-22-26-13(3)18(21(25)30)20(28-22)15-5-4-6-16(23)19(15)24/h4-9,20H,10H2,1-3H3,(H2,25,30)(H,26,28)(H,27,29)/t20-/m1/s1. The number of hydrogen-bond acceptors (Lipinski definition) is 5. The van der Waals surface area contributed by atoms with Gasteiger partial charge in [-0.1, -0.05) is 53.2 Å². The molecule has 9 heteroatoms. The van der Waals surface area contributed by atoms with Crippen LogP contribution >= 0.6 is 35.0 Å². The van der Waals surface area contributed by atoms with Gasteiger partial charge >= 0.3 is 0 Å². The highest BCUT2D eigenvalue weighted by Gasteiger charge is 2.30. The van der Waals surface area contributed by atoms with Gasteiger partial charge in [0, 0.05) is 16.9 Å². The van der Waals surface area contributed by atoms with Gasteiger partial charge in [0.1, 0.15) is 6.04 Å². The number of amides is 2. The Morgan fingerprint density at radius 3 is 2.48 bits per heavy atom. The number of carbonyl (C=O) groups is 2. The number of aliphatic imine (C=N–C) groups is 1. The molecule has 0 radical (unpaired) electrons. The molecular weight excluding hydrogens is 455 g/mol. The van der Waals surface area contributed by atoms with E-state index in [1.165, 1.54) is 11.8 Å². The number of allylic oxidation sites excluding steroid dienone is 1. The number of amidine groups is 1. The minimum atomic E-state index is -0.713. The number of nitrogens with one attached hydrogen (secondary N) is 2. The van der Waals surface area contributed by atoms with E-state index in [2.05, 4.69) is 15.6 Å². The maximum Gasteiger partial charge on any atom is 0.248 e. The van der Waals surface area contributed by atoms with Gasteiger partial charge in [-0.25, -0.2) is 4.99 Å². The van der Waals surface area contributed by atoms with E-state index < -0.39 is 11.9 Å². The molecule has 0 saturated carbocycles. The summed E-state index contributed by atoms with van der Waals surface area (Å²) in [5.74, 6) is -0.640. The SMILES string of the molecule is CC1=C(C(N)=O)[C@@H](c2cccc(Cl)c2Cl)N=C(SCC(=O)Nc2cc(C)cc(C)c2)N1. The molecule has 6 nitrogen and oxygen atoms in total. The lowest BCUT2D eigenvalue weighted by Crippen LogP contribution is -2.33. The predicted octanol–water partition coefficient (Wildman–Crippen LogP) is 4.74. The molecule has 31 heavy (non-hydrogen) atoms. The summed E-state index contributed by atoms with van der Waals surface area (Å²) in [7, 11) is 0. The lowest BCUT2D eigenvalue weighted by Gasteiger charge is -2.26. The summed E-state index contributed by atoms with van der Waals surface area (Å²) >= 11 is 13.7. The van der Waals surface area contributed by atoms with Crippen LogP contribution in [0.15, 0.2) is 52.7 Å². The normalized spacial score (nSPS) is 15.9. The number of carbonyl (C=O) groups excluding carboxylic acids is 2. The van der Waals surface area contributed by atoms with Crippen LogP contribution in [0, 0.1) is 13.8 Å². The second-order valence-corrected chi connectivity index (χ2v) is 8.97. The third kappa shape index (κ3) is 5.61. The van der Waals surface area contributed by atoms with Gasteiger partial charge in [0.2, 0.25) is 11.8 Å². The molecule has 162 valence electrons. The maximum absolute atomic E-state index is 12.4. The van der Waals surface area contributed by atoms with Gasteiger partial charge < -0.3 is 16.4 Å². The van der Waals surface area contributed by atoms with Gasteiger partial charge in [-0.05, 0) is 50.1 Å². The van der Waals surface area contributed by atoms with E-state index in [9.17, 15) is 9.59 Å². The van der Waals surface area contributed by atoms with Crippen LogP contribution in [0.25, 0.3) is 0 Å². The lowest BCUT2D eigenvalue weighted by atomic mass is 9.96. The minimum Gasteiger partial charge on any atom is -0.366 e. The number of halogens is 2. The highest BCUT2D eigenvalue weighted by molar-refractivity contribution is 8.14. The van der Waals surface area contributed by atoms with Crippen LogP contribution in [-0.4, -0.2) is 22.7 Å². The first-order chi connectivity index (χ1) is 14.7. The number of hydrogen-bond donors (Lipinski definition) is 3. The Kier molecular flexibility index (Phi) is 7.30. The van der Waals surface area contributed by atoms with E-state index in [4.69, 9.17) is 28.9 Å². The van der Waals surface area contributed by atoms with E-state index in [0.29, 0.717) is 32.0 Å². The van der Waals surface area contributed by atoms with Crippen LogP contribution in [0.2, 0.25) is 10.0 Å². The summed E-state index contributed by atoms with van der Waals surface area (Å²) in [6.45, 7) is 5.69. The summed E-state index contributed by atoms with van der Waals surface area (Å²) in [5, 5.41) is 7.10. The van der Waals surface area contributed by atoms with E-state index in [-0.39, 0.29) is 11.7 Å². The molecule has 2 aromatic carbocycles. The maximum atomic E-state index is 12.4. The number of rotatable bonds is 5. The van der Waals surface area contributed by atoms with Gasteiger partial charge in [-0.3, -0.25) is 9.59 Å². The number of aryl methyl sites for hydroxylation is 2.